The monoisotopic (exact) mass is 462 g/mol. The van der Waals surface area contributed by atoms with Gasteiger partial charge in [-0.05, 0) is 42.2 Å². The highest BCUT2D eigenvalue weighted by atomic mass is 32.1. The summed E-state index contributed by atoms with van der Waals surface area (Å²) in [7, 11) is 0. The van der Waals surface area contributed by atoms with Crippen LogP contribution in [0.15, 0.2) is 54.7 Å². The van der Waals surface area contributed by atoms with Crippen molar-refractivity contribution in [3.05, 3.63) is 76.4 Å². The lowest BCUT2D eigenvalue weighted by molar-refractivity contribution is -0.142. The molecule has 0 N–H and O–H groups in total. The van der Waals surface area contributed by atoms with Crippen LogP contribution in [-0.4, -0.2) is 28.2 Å². The number of carbonyl (C=O) groups excluding carboxylic acids is 2. The number of carbonyl (C=O) groups is 2. The number of rotatable bonds is 9. The van der Waals surface area contributed by atoms with Gasteiger partial charge in [0, 0.05) is 16.6 Å². The summed E-state index contributed by atoms with van der Waals surface area (Å²) >= 11 is 1.38. The molecular weight excluding hydrogens is 436 g/mol. The van der Waals surface area contributed by atoms with E-state index in [4.69, 9.17) is 14.5 Å². The number of nitrogens with zero attached hydrogens (tertiary/aromatic N) is 2. The summed E-state index contributed by atoms with van der Waals surface area (Å²) in [6.45, 7) is 6.83. The van der Waals surface area contributed by atoms with E-state index in [1.165, 1.54) is 11.3 Å². The van der Waals surface area contributed by atoms with Crippen molar-refractivity contribution in [1.82, 2.24) is 9.38 Å². The van der Waals surface area contributed by atoms with Crippen molar-refractivity contribution >= 4 is 28.6 Å². The van der Waals surface area contributed by atoms with Gasteiger partial charge in [-0.15, -0.1) is 11.3 Å². The summed E-state index contributed by atoms with van der Waals surface area (Å²) in [6.07, 6.45) is 2.77. The summed E-state index contributed by atoms with van der Waals surface area (Å²) in [4.78, 5) is 30.0. The van der Waals surface area contributed by atoms with Gasteiger partial charge in [-0.1, -0.05) is 44.2 Å². The molecule has 0 saturated heterocycles. The summed E-state index contributed by atoms with van der Waals surface area (Å²) in [5.74, 6) is 0.765. The zero-order chi connectivity index (χ0) is 23.4. The fraction of sp³-hybridized carbons (Fsp3) is 0.269. The summed E-state index contributed by atoms with van der Waals surface area (Å²) < 4.78 is 12.9. The molecule has 2 aromatic carbocycles. The van der Waals surface area contributed by atoms with Crippen LogP contribution in [-0.2, 0) is 22.6 Å². The van der Waals surface area contributed by atoms with Crippen LogP contribution in [0.3, 0.4) is 0 Å². The smallest absolute Gasteiger partial charge is 0.311 e. The lowest BCUT2D eigenvalue weighted by Gasteiger charge is -2.15. The minimum atomic E-state index is -0.289. The van der Waals surface area contributed by atoms with Gasteiger partial charge in [-0.25, -0.2) is 4.98 Å². The molecule has 0 aliphatic carbocycles. The van der Waals surface area contributed by atoms with E-state index in [0.29, 0.717) is 29.6 Å². The van der Waals surface area contributed by atoms with Gasteiger partial charge in [0.15, 0.2) is 11.2 Å². The molecule has 0 saturated carbocycles. The van der Waals surface area contributed by atoms with Crippen LogP contribution in [0.1, 0.15) is 53.2 Å². The second-order valence-corrected chi connectivity index (χ2v) is 9.07. The first kappa shape index (κ1) is 22.7. The summed E-state index contributed by atoms with van der Waals surface area (Å²) in [6, 6.07) is 16.0. The van der Waals surface area contributed by atoms with E-state index < -0.39 is 0 Å². The number of ether oxygens (including phenoxy) is 2. The molecule has 6 nitrogen and oxygen atoms in total. The van der Waals surface area contributed by atoms with Crippen molar-refractivity contribution < 1.29 is 19.1 Å². The number of fused-ring (bicyclic) bond motifs is 1. The molecule has 4 rings (SSSR count). The molecule has 7 heteroatoms. The van der Waals surface area contributed by atoms with Gasteiger partial charge in [-0.2, -0.15) is 0 Å². The average molecular weight is 463 g/mol. The van der Waals surface area contributed by atoms with Crippen LogP contribution >= 0.6 is 11.3 Å². The number of esters is 1. The fourth-order valence-electron chi connectivity index (χ4n) is 3.68. The molecule has 2 heterocycles. The van der Waals surface area contributed by atoms with Gasteiger partial charge in [-0.3, -0.25) is 14.0 Å². The minimum absolute atomic E-state index is 0.167. The van der Waals surface area contributed by atoms with E-state index in [1.807, 2.05) is 48.5 Å². The first-order valence-electron chi connectivity index (χ1n) is 10.9. The standard InChI is InChI=1S/C26H26N2O4S/c1-4-31-24(30)13-20-14-28-22(15-29)25(27-26(28)33-20)19-10-11-23(21(12-19)17(2)3)32-16-18-8-6-5-7-9-18/h5-12,14-15,17H,4,13,16H2,1-3H3. The van der Waals surface area contributed by atoms with E-state index in [1.54, 1.807) is 17.5 Å². The molecule has 0 aliphatic rings. The average Bonchev–Trinajstić information content (AvgIpc) is 3.35. The van der Waals surface area contributed by atoms with E-state index in [-0.39, 0.29) is 18.3 Å². The quantitative estimate of drug-likeness (QED) is 0.236. The Bertz CT molecular complexity index is 1270. The molecule has 0 spiro atoms. The molecule has 4 aromatic rings. The van der Waals surface area contributed by atoms with Gasteiger partial charge < -0.3 is 9.47 Å². The molecular formula is C26H26N2O4S. The van der Waals surface area contributed by atoms with Crippen molar-refractivity contribution in [1.29, 1.82) is 0 Å². The molecule has 0 bridgehead atoms. The topological polar surface area (TPSA) is 69.9 Å². The number of hydrogen-bond acceptors (Lipinski definition) is 6. The third kappa shape index (κ3) is 4.98. The molecule has 33 heavy (non-hydrogen) atoms. The van der Waals surface area contributed by atoms with Crippen molar-refractivity contribution in [2.24, 2.45) is 0 Å². The molecule has 0 unspecified atom stereocenters. The maximum absolute atomic E-state index is 12.0. The van der Waals surface area contributed by atoms with Gasteiger partial charge in [0.1, 0.15) is 23.7 Å². The van der Waals surface area contributed by atoms with Crippen molar-refractivity contribution in [3.8, 4) is 17.0 Å². The SMILES string of the molecule is CCOC(=O)Cc1cn2c(C=O)c(-c3ccc(OCc4ccccc4)c(C(C)C)c3)nc2s1. The van der Waals surface area contributed by atoms with Crippen LogP contribution in [0, 0.1) is 0 Å². The molecule has 0 amide bonds. The van der Waals surface area contributed by atoms with E-state index in [2.05, 4.69) is 13.8 Å². The lowest BCUT2D eigenvalue weighted by atomic mass is 9.98. The van der Waals surface area contributed by atoms with Gasteiger partial charge >= 0.3 is 5.97 Å². The Morgan fingerprint density at radius 3 is 2.67 bits per heavy atom. The highest BCUT2D eigenvalue weighted by Gasteiger charge is 2.19. The molecule has 0 fully saturated rings. The first-order valence-corrected chi connectivity index (χ1v) is 11.7. The Morgan fingerprint density at radius 2 is 1.97 bits per heavy atom. The van der Waals surface area contributed by atoms with Crippen molar-refractivity contribution in [2.75, 3.05) is 6.61 Å². The van der Waals surface area contributed by atoms with Crippen molar-refractivity contribution in [2.45, 2.75) is 39.7 Å². The highest BCUT2D eigenvalue weighted by molar-refractivity contribution is 7.17. The zero-order valence-corrected chi connectivity index (χ0v) is 19.7. The third-order valence-corrected chi connectivity index (χ3v) is 6.27. The Hall–Kier alpha value is -3.45. The molecule has 0 radical (unpaired) electrons. The zero-order valence-electron chi connectivity index (χ0n) is 18.9. The Balaban J connectivity index is 1.64. The predicted molar refractivity (Wildman–Crippen MR) is 129 cm³/mol. The Morgan fingerprint density at radius 1 is 1.18 bits per heavy atom. The maximum atomic E-state index is 12.0. The molecule has 2 aromatic heterocycles. The van der Waals surface area contributed by atoms with E-state index >= 15 is 0 Å². The largest absolute Gasteiger partial charge is 0.489 e. The van der Waals surface area contributed by atoms with E-state index in [9.17, 15) is 9.59 Å². The highest BCUT2D eigenvalue weighted by Crippen LogP contribution is 2.34. The van der Waals surface area contributed by atoms with Gasteiger partial charge in [0.05, 0.1) is 13.0 Å². The maximum Gasteiger partial charge on any atom is 0.311 e. The second kappa shape index (κ2) is 10.0. The van der Waals surface area contributed by atoms with Gasteiger partial charge in [0.2, 0.25) is 0 Å². The number of aldehydes is 1. The minimum Gasteiger partial charge on any atom is -0.489 e. The number of hydrogen-bond donors (Lipinski definition) is 0. The molecule has 0 aliphatic heterocycles. The summed E-state index contributed by atoms with van der Waals surface area (Å²) in [5, 5.41) is 0. The Kier molecular flexibility index (Phi) is 6.89. The Labute approximate surface area is 196 Å². The first-order chi connectivity index (χ1) is 16.0. The van der Waals surface area contributed by atoms with Crippen LogP contribution < -0.4 is 4.74 Å². The fourth-order valence-corrected chi connectivity index (χ4v) is 4.65. The van der Waals surface area contributed by atoms with Crippen LogP contribution in [0.5, 0.6) is 5.75 Å². The molecule has 170 valence electrons. The molecule has 0 atom stereocenters. The van der Waals surface area contributed by atoms with Crippen LogP contribution in [0.4, 0.5) is 0 Å². The summed E-state index contributed by atoms with van der Waals surface area (Å²) in [5.41, 5.74) is 4.10. The van der Waals surface area contributed by atoms with E-state index in [0.717, 1.165) is 33.6 Å². The van der Waals surface area contributed by atoms with Crippen LogP contribution in [0.25, 0.3) is 16.2 Å². The predicted octanol–water partition coefficient (Wildman–Crippen LogP) is 5.68. The number of benzene rings is 2. The number of aromatic nitrogens is 2. The van der Waals surface area contributed by atoms with Crippen LogP contribution in [0.2, 0.25) is 0 Å². The number of thiazole rings is 1. The number of imidazole rings is 1. The second-order valence-electron chi connectivity index (χ2n) is 7.98. The lowest BCUT2D eigenvalue weighted by Crippen LogP contribution is -2.06. The van der Waals surface area contributed by atoms with Gasteiger partial charge in [0.25, 0.3) is 0 Å². The third-order valence-electron chi connectivity index (χ3n) is 5.29. The van der Waals surface area contributed by atoms with Crippen molar-refractivity contribution in [3.63, 3.8) is 0 Å². The normalized spacial score (nSPS) is 11.2.